The molecule has 196 valence electrons. The van der Waals surface area contributed by atoms with Crippen LogP contribution in [0.4, 0.5) is 17.6 Å². The Labute approximate surface area is 220 Å². The van der Waals surface area contributed by atoms with Gasteiger partial charge in [-0.3, -0.25) is 9.69 Å². The monoisotopic (exact) mass is 544 g/mol. The highest BCUT2D eigenvalue weighted by molar-refractivity contribution is 6.30. The summed E-state index contributed by atoms with van der Waals surface area (Å²) in [4.78, 5) is 20.9. The highest BCUT2D eigenvalue weighted by atomic mass is 35.5. The van der Waals surface area contributed by atoms with Gasteiger partial charge in [0, 0.05) is 49.4 Å². The molecule has 1 aliphatic heterocycles. The van der Waals surface area contributed by atoms with Crippen LogP contribution in [0.1, 0.15) is 21.5 Å². The van der Waals surface area contributed by atoms with E-state index in [-0.39, 0.29) is 33.8 Å². The number of halogens is 5. The molecule has 0 spiro atoms. The molecular weight excluding hydrogens is 524 g/mol. The number of hydrogen-bond donors (Lipinski definition) is 0. The summed E-state index contributed by atoms with van der Waals surface area (Å²) in [5.41, 5.74) is 1.30. The van der Waals surface area contributed by atoms with Crippen molar-refractivity contribution in [1.29, 1.82) is 0 Å². The summed E-state index contributed by atoms with van der Waals surface area (Å²) in [5.74, 6) is -0.599. The lowest BCUT2D eigenvalue weighted by Gasteiger charge is -2.34. The molecule has 1 fully saturated rings. The maximum atomic E-state index is 13.7. The van der Waals surface area contributed by atoms with Crippen LogP contribution >= 0.6 is 11.6 Å². The molecule has 3 aromatic carbocycles. The summed E-state index contributed by atoms with van der Waals surface area (Å²) in [6.07, 6.45) is -4.47. The normalized spacial score (nSPS) is 14.6. The smallest absolute Gasteiger partial charge is 0.336 e. The molecule has 0 atom stereocenters. The summed E-state index contributed by atoms with van der Waals surface area (Å²) in [6.45, 7) is 2.87. The molecule has 0 saturated carbocycles. The summed E-state index contributed by atoms with van der Waals surface area (Å²) < 4.78 is 58.1. The van der Waals surface area contributed by atoms with E-state index in [1.54, 1.807) is 11.0 Å². The fourth-order valence-corrected chi connectivity index (χ4v) is 4.39. The van der Waals surface area contributed by atoms with E-state index >= 15 is 0 Å². The Balaban J connectivity index is 1.22. The molecule has 1 aromatic heterocycles. The summed E-state index contributed by atoms with van der Waals surface area (Å²) in [5, 5.41) is 3.93. The van der Waals surface area contributed by atoms with E-state index < -0.39 is 17.6 Å². The van der Waals surface area contributed by atoms with Crippen LogP contribution in [0.15, 0.2) is 71.3 Å². The first-order chi connectivity index (χ1) is 18.2. The van der Waals surface area contributed by atoms with Crippen LogP contribution in [-0.2, 0) is 12.7 Å². The molecule has 4 aromatic rings. The molecular formula is C27H21ClF4N4O2. The van der Waals surface area contributed by atoms with Gasteiger partial charge in [0.15, 0.2) is 0 Å². The van der Waals surface area contributed by atoms with Crippen LogP contribution in [0.25, 0.3) is 22.8 Å². The van der Waals surface area contributed by atoms with Crippen LogP contribution in [0.5, 0.6) is 0 Å². The minimum absolute atomic E-state index is 0.00198. The largest absolute Gasteiger partial charge is 0.416 e. The Morgan fingerprint density at radius 2 is 1.68 bits per heavy atom. The van der Waals surface area contributed by atoms with Gasteiger partial charge in [-0.25, -0.2) is 4.39 Å². The second-order valence-corrected chi connectivity index (χ2v) is 9.31. The van der Waals surface area contributed by atoms with Gasteiger partial charge in [0.1, 0.15) is 5.82 Å². The van der Waals surface area contributed by atoms with Crippen molar-refractivity contribution in [3.8, 4) is 22.8 Å². The van der Waals surface area contributed by atoms with Gasteiger partial charge in [-0.1, -0.05) is 41.0 Å². The second kappa shape index (κ2) is 10.5. The van der Waals surface area contributed by atoms with E-state index in [0.717, 1.165) is 23.8 Å². The Hall–Kier alpha value is -3.76. The first-order valence-corrected chi connectivity index (χ1v) is 12.1. The molecule has 38 heavy (non-hydrogen) atoms. The van der Waals surface area contributed by atoms with Gasteiger partial charge in [-0.15, -0.1) is 0 Å². The van der Waals surface area contributed by atoms with Gasteiger partial charge < -0.3 is 9.42 Å². The van der Waals surface area contributed by atoms with Crippen molar-refractivity contribution in [1.82, 2.24) is 19.9 Å². The minimum atomic E-state index is -4.47. The van der Waals surface area contributed by atoms with E-state index in [1.165, 1.54) is 24.3 Å². The highest BCUT2D eigenvalue weighted by Gasteiger charge is 2.31. The Morgan fingerprint density at radius 1 is 0.947 bits per heavy atom. The molecule has 5 rings (SSSR count). The molecule has 0 N–H and O–H groups in total. The second-order valence-electron chi connectivity index (χ2n) is 8.90. The van der Waals surface area contributed by atoms with Crippen LogP contribution in [-0.4, -0.2) is 52.0 Å². The van der Waals surface area contributed by atoms with Gasteiger partial charge in [-0.05, 0) is 48.0 Å². The SMILES string of the molecule is O=C(c1ccc(Cl)c(F)c1)N1CCN(Cc2cccc(-c3noc(-c4cccc(C(F)(F)F)c4)n3)c2)CC1. The lowest BCUT2D eigenvalue weighted by molar-refractivity contribution is -0.137. The third kappa shape index (κ3) is 5.71. The van der Waals surface area contributed by atoms with E-state index in [9.17, 15) is 22.4 Å². The molecule has 6 nitrogen and oxygen atoms in total. The average molecular weight is 545 g/mol. The van der Waals surface area contributed by atoms with Gasteiger partial charge in [0.2, 0.25) is 5.82 Å². The van der Waals surface area contributed by atoms with E-state index in [2.05, 4.69) is 15.0 Å². The van der Waals surface area contributed by atoms with Crippen molar-refractivity contribution >= 4 is 17.5 Å². The van der Waals surface area contributed by atoms with E-state index in [0.29, 0.717) is 38.3 Å². The predicted octanol–water partition coefficient (Wildman–Crippen LogP) is 6.17. The number of aromatic nitrogens is 2. The number of piperazine rings is 1. The molecule has 1 aliphatic rings. The average Bonchev–Trinajstić information content (AvgIpc) is 3.41. The van der Waals surface area contributed by atoms with E-state index in [1.807, 2.05) is 18.2 Å². The van der Waals surface area contributed by atoms with Crippen LogP contribution in [0.3, 0.4) is 0 Å². The summed E-state index contributed by atoms with van der Waals surface area (Å²) in [7, 11) is 0. The fraction of sp³-hybridized carbons (Fsp3) is 0.222. The van der Waals surface area contributed by atoms with Crippen molar-refractivity contribution in [3.63, 3.8) is 0 Å². The quantitative estimate of drug-likeness (QED) is 0.281. The first kappa shape index (κ1) is 25.9. The van der Waals surface area contributed by atoms with Crippen LogP contribution in [0, 0.1) is 5.82 Å². The lowest BCUT2D eigenvalue weighted by Crippen LogP contribution is -2.48. The number of nitrogens with zero attached hydrogens (tertiary/aromatic N) is 4. The third-order valence-corrected chi connectivity index (χ3v) is 6.59. The first-order valence-electron chi connectivity index (χ1n) is 11.7. The van der Waals surface area contributed by atoms with Crippen molar-refractivity contribution < 1.29 is 26.9 Å². The minimum Gasteiger partial charge on any atom is -0.336 e. The predicted molar refractivity (Wildman–Crippen MR) is 133 cm³/mol. The van der Waals surface area contributed by atoms with Crippen molar-refractivity contribution in [2.75, 3.05) is 26.2 Å². The zero-order valence-electron chi connectivity index (χ0n) is 19.9. The standard InChI is InChI=1S/C27H21ClF4N4O2/c28-22-8-7-20(15-23(22)29)26(37)36-11-9-35(10-12-36)16-17-3-1-4-18(13-17)24-33-25(38-34-24)19-5-2-6-21(14-19)27(30,31)32/h1-8,13-15H,9-12,16H2. The number of amides is 1. The lowest BCUT2D eigenvalue weighted by atomic mass is 10.1. The third-order valence-electron chi connectivity index (χ3n) is 6.28. The van der Waals surface area contributed by atoms with Crippen LogP contribution < -0.4 is 0 Å². The summed E-state index contributed by atoms with van der Waals surface area (Å²) in [6, 6.07) is 16.3. The molecule has 1 saturated heterocycles. The molecule has 1 amide bonds. The Morgan fingerprint density at radius 3 is 2.42 bits per heavy atom. The summed E-state index contributed by atoms with van der Waals surface area (Å²) >= 11 is 5.71. The van der Waals surface area contributed by atoms with Gasteiger partial charge in [0.05, 0.1) is 10.6 Å². The zero-order chi connectivity index (χ0) is 26.9. The molecule has 0 unspecified atom stereocenters. The molecule has 0 radical (unpaired) electrons. The zero-order valence-corrected chi connectivity index (χ0v) is 20.6. The number of benzene rings is 3. The fourth-order valence-electron chi connectivity index (χ4n) is 4.27. The Kier molecular flexibility index (Phi) is 7.18. The number of carbonyl (C=O) groups excluding carboxylic acids is 1. The number of carbonyl (C=O) groups is 1. The molecule has 2 heterocycles. The maximum absolute atomic E-state index is 13.7. The van der Waals surface area contributed by atoms with Gasteiger partial charge >= 0.3 is 6.18 Å². The maximum Gasteiger partial charge on any atom is 0.416 e. The number of alkyl halides is 3. The van der Waals surface area contributed by atoms with Crippen molar-refractivity contribution in [2.45, 2.75) is 12.7 Å². The van der Waals surface area contributed by atoms with E-state index in [4.69, 9.17) is 16.1 Å². The van der Waals surface area contributed by atoms with Crippen LogP contribution in [0.2, 0.25) is 5.02 Å². The molecule has 11 heteroatoms. The molecule has 0 aliphatic carbocycles. The van der Waals surface area contributed by atoms with Gasteiger partial charge in [0.25, 0.3) is 11.8 Å². The van der Waals surface area contributed by atoms with Crippen molar-refractivity contribution in [3.05, 3.63) is 94.3 Å². The Bertz CT molecular complexity index is 1470. The van der Waals surface area contributed by atoms with Gasteiger partial charge in [-0.2, -0.15) is 18.2 Å². The number of hydrogen-bond acceptors (Lipinski definition) is 5. The number of rotatable bonds is 5. The molecule has 0 bridgehead atoms. The van der Waals surface area contributed by atoms with Crippen molar-refractivity contribution in [2.24, 2.45) is 0 Å². The topological polar surface area (TPSA) is 62.5 Å². The highest BCUT2D eigenvalue weighted by Crippen LogP contribution is 2.32.